The zero-order valence-corrected chi connectivity index (χ0v) is 16.5. The molecule has 0 unspecified atom stereocenters. The molecule has 0 saturated carbocycles. The van der Waals surface area contributed by atoms with E-state index in [1.807, 2.05) is 19.9 Å². The zero-order valence-electron chi connectivity index (χ0n) is 16.5. The Morgan fingerprint density at radius 2 is 2.14 bits per heavy atom. The molecular formula is C22H22FN3O3. The lowest BCUT2D eigenvalue weighted by Gasteiger charge is -2.22. The maximum atomic E-state index is 15.0. The topological polar surface area (TPSA) is 75.4 Å². The second-order valence-electron chi connectivity index (χ2n) is 6.76. The van der Waals surface area contributed by atoms with Crippen LogP contribution in [0.1, 0.15) is 37.1 Å². The monoisotopic (exact) mass is 395 g/mol. The number of rotatable bonds is 5. The van der Waals surface area contributed by atoms with Crippen LogP contribution < -0.4 is 15.4 Å². The Bertz CT molecular complexity index is 1080. The van der Waals surface area contributed by atoms with Crippen LogP contribution >= 0.6 is 0 Å². The van der Waals surface area contributed by atoms with Gasteiger partial charge in [0.25, 0.3) is 5.91 Å². The molecule has 150 valence electrons. The van der Waals surface area contributed by atoms with Crippen molar-refractivity contribution in [3.05, 3.63) is 64.6 Å². The van der Waals surface area contributed by atoms with Gasteiger partial charge in [-0.05, 0) is 44.2 Å². The van der Waals surface area contributed by atoms with Gasteiger partial charge in [0.05, 0.1) is 35.3 Å². The first-order chi connectivity index (χ1) is 14.0. The van der Waals surface area contributed by atoms with Gasteiger partial charge in [0.15, 0.2) is 0 Å². The fraction of sp³-hybridized carbons (Fsp3) is 0.227. The summed E-state index contributed by atoms with van der Waals surface area (Å²) < 4.78 is 26.2. The maximum Gasteiger partial charge on any atom is 0.256 e. The molecule has 0 spiro atoms. The van der Waals surface area contributed by atoms with Gasteiger partial charge in [0.1, 0.15) is 23.1 Å². The van der Waals surface area contributed by atoms with Gasteiger partial charge in [-0.25, -0.2) is 4.39 Å². The Balaban J connectivity index is 1.82. The average molecular weight is 395 g/mol. The molecule has 3 N–H and O–H groups in total. The van der Waals surface area contributed by atoms with Gasteiger partial charge in [0.2, 0.25) is 0 Å². The molecule has 29 heavy (non-hydrogen) atoms. The highest BCUT2D eigenvalue weighted by atomic mass is 19.1. The van der Waals surface area contributed by atoms with Gasteiger partial charge in [-0.15, -0.1) is 0 Å². The maximum absolute atomic E-state index is 15.0. The van der Waals surface area contributed by atoms with Crippen LogP contribution in [0, 0.1) is 5.82 Å². The zero-order chi connectivity index (χ0) is 20.5. The van der Waals surface area contributed by atoms with Crippen LogP contribution in [0.4, 0.5) is 10.1 Å². The quantitative estimate of drug-likeness (QED) is 0.662. The number of fused-ring (bicyclic) bond motifs is 1. The highest BCUT2D eigenvalue weighted by molar-refractivity contribution is 6.35. The molecule has 3 heterocycles. The van der Waals surface area contributed by atoms with Crippen LogP contribution in [0.5, 0.6) is 5.75 Å². The number of hydrogen-bond acceptors (Lipinski definition) is 4. The second-order valence-corrected chi connectivity index (χ2v) is 6.76. The van der Waals surface area contributed by atoms with Crippen LogP contribution in [0.15, 0.2) is 41.9 Å². The SMILES string of the molecule is CCNC1=C(C)OC(c2c(F)ccc3c2C(=Cc2[nH]ccc2OC)C(=O)N3)=CC1. The van der Waals surface area contributed by atoms with Gasteiger partial charge < -0.3 is 25.1 Å². The Morgan fingerprint density at radius 3 is 2.86 bits per heavy atom. The van der Waals surface area contributed by atoms with E-state index >= 15 is 0 Å². The van der Waals surface area contributed by atoms with E-state index in [-0.39, 0.29) is 11.5 Å². The minimum atomic E-state index is -0.449. The van der Waals surface area contributed by atoms with Crippen molar-refractivity contribution in [2.75, 3.05) is 19.0 Å². The van der Waals surface area contributed by atoms with E-state index in [9.17, 15) is 9.18 Å². The molecule has 6 nitrogen and oxygen atoms in total. The summed E-state index contributed by atoms with van der Waals surface area (Å²) in [5.74, 6) is 0.935. The summed E-state index contributed by atoms with van der Waals surface area (Å²) in [6.45, 7) is 4.63. The van der Waals surface area contributed by atoms with E-state index in [0.717, 1.165) is 12.2 Å². The van der Waals surface area contributed by atoms with Crippen LogP contribution in [0.25, 0.3) is 17.4 Å². The van der Waals surface area contributed by atoms with Crippen molar-refractivity contribution in [2.45, 2.75) is 20.3 Å². The fourth-order valence-corrected chi connectivity index (χ4v) is 3.62. The van der Waals surface area contributed by atoms with Crippen molar-refractivity contribution in [3.63, 3.8) is 0 Å². The number of allylic oxidation sites excluding steroid dienone is 2. The molecule has 1 aromatic heterocycles. The standard InChI is InChI=1S/C22H22FN3O3/c1-4-24-15-7-8-19(29-12(15)2)21-14(23)5-6-16-20(21)13(22(27)26-16)11-17-18(28-3)9-10-25-17/h5-6,8-11,24-25H,4,7H2,1-3H3,(H,26,27). The summed E-state index contributed by atoms with van der Waals surface area (Å²) >= 11 is 0. The van der Waals surface area contributed by atoms with Gasteiger partial charge in [-0.1, -0.05) is 0 Å². The molecule has 0 fully saturated rings. The Morgan fingerprint density at radius 1 is 1.31 bits per heavy atom. The van der Waals surface area contributed by atoms with E-state index in [2.05, 4.69) is 15.6 Å². The lowest BCUT2D eigenvalue weighted by molar-refractivity contribution is -0.110. The highest BCUT2D eigenvalue weighted by Crippen LogP contribution is 2.42. The summed E-state index contributed by atoms with van der Waals surface area (Å²) in [7, 11) is 1.55. The molecule has 1 amide bonds. The second kappa shape index (κ2) is 7.50. The smallest absolute Gasteiger partial charge is 0.256 e. The molecule has 0 saturated heterocycles. The lowest BCUT2D eigenvalue weighted by atomic mass is 9.96. The fourth-order valence-electron chi connectivity index (χ4n) is 3.62. The molecule has 7 heteroatoms. The number of hydrogen-bond donors (Lipinski definition) is 3. The van der Waals surface area contributed by atoms with Crippen molar-refractivity contribution in [1.82, 2.24) is 10.3 Å². The third kappa shape index (κ3) is 3.29. The Labute approximate surface area is 168 Å². The highest BCUT2D eigenvalue weighted by Gasteiger charge is 2.32. The van der Waals surface area contributed by atoms with Crippen molar-refractivity contribution in [1.29, 1.82) is 0 Å². The largest absolute Gasteiger partial charge is 0.495 e. The minimum absolute atomic E-state index is 0.271. The number of methoxy groups -OCH3 is 1. The predicted molar refractivity (Wildman–Crippen MR) is 110 cm³/mol. The summed E-state index contributed by atoms with van der Waals surface area (Å²) in [6, 6.07) is 4.67. The normalized spacial score (nSPS) is 17.0. The number of anilines is 1. The van der Waals surface area contributed by atoms with Crippen LogP contribution in [0.3, 0.4) is 0 Å². The molecule has 2 aliphatic rings. The minimum Gasteiger partial charge on any atom is -0.495 e. The number of aromatic nitrogens is 1. The molecule has 0 radical (unpaired) electrons. The Hall–Kier alpha value is -3.48. The average Bonchev–Trinajstić information content (AvgIpc) is 3.28. The number of H-pyrrole nitrogens is 1. The van der Waals surface area contributed by atoms with Crippen LogP contribution in [-0.2, 0) is 9.53 Å². The number of benzene rings is 1. The van der Waals surface area contributed by atoms with Crippen LogP contribution in [0.2, 0.25) is 0 Å². The van der Waals surface area contributed by atoms with E-state index in [1.54, 1.807) is 31.5 Å². The molecule has 2 aliphatic heterocycles. The van der Waals surface area contributed by atoms with Gasteiger partial charge in [-0.3, -0.25) is 4.79 Å². The van der Waals surface area contributed by atoms with Crippen molar-refractivity contribution in [2.24, 2.45) is 0 Å². The third-order valence-corrected chi connectivity index (χ3v) is 4.98. The number of halogens is 1. The number of aromatic amines is 1. The first kappa shape index (κ1) is 18.9. The number of carbonyl (C=O) groups excluding carboxylic acids is 1. The lowest BCUT2D eigenvalue weighted by Crippen LogP contribution is -2.17. The molecule has 1 aromatic carbocycles. The summed E-state index contributed by atoms with van der Waals surface area (Å²) in [5, 5.41) is 6.06. The van der Waals surface area contributed by atoms with Crippen molar-refractivity contribution < 1.29 is 18.7 Å². The number of amides is 1. The van der Waals surface area contributed by atoms with Crippen LogP contribution in [-0.4, -0.2) is 24.5 Å². The third-order valence-electron chi connectivity index (χ3n) is 4.98. The van der Waals surface area contributed by atoms with E-state index in [1.165, 1.54) is 6.07 Å². The summed E-state index contributed by atoms with van der Waals surface area (Å²) in [4.78, 5) is 15.7. The molecular weight excluding hydrogens is 373 g/mol. The van der Waals surface area contributed by atoms with E-state index in [0.29, 0.717) is 46.2 Å². The Kier molecular flexibility index (Phi) is 4.88. The predicted octanol–water partition coefficient (Wildman–Crippen LogP) is 4.26. The van der Waals surface area contributed by atoms with Crippen molar-refractivity contribution in [3.8, 4) is 5.75 Å². The van der Waals surface area contributed by atoms with Gasteiger partial charge >= 0.3 is 0 Å². The first-order valence-electron chi connectivity index (χ1n) is 9.42. The summed E-state index contributed by atoms with van der Waals surface area (Å²) in [6.07, 6.45) is 5.82. The molecule has 2 aromatic rings. The van der Waals surface area contributed by atoms with Gasteiger partial charge in [-0.2, -0.15) is 0 Å². The number of ether oxygens (including phenoxy) is 2. The van der Waals surface area contributed by atoms with Crippen molar-refractivity contribution >= 4 is 29.0 Å². The van der Waals surface area contributed by atoms with Gasteiger partial charge in [0, 0.05) is 24.7 Å². The molecule has 0 atom stereocenters. The van der Waals surface area contributed by atoms with E-state index < -0.39 is 5.82 Å². The van der Waals surface area contributed by atoms with E-state index in [4.69, 9.17) is 9.47 Å². The summed E-state index contributed by atoms with van der Waals surface area (Å²) in [5.41, 5.74) is 3.24. The number of nitrogens with one attached hydrogen (secondary N) is 3. The molecule has 0 aliphatic carbocycles. The number of carbonyl (C=O) groups is 1. The molecule has 0 bridgehead atoms. The molecule has 4 rings (SSSR count). The first-order valence-corrected chi connectivity index (χ1v) is 9.42.